The summed E-state index contributed by atoms with van der Waals surface area (Å²) in [5, 5.41) is 11.4. The Balaban J connectivity index is 2.17. The molecule has 0 saturated carbocycles. The molecule has 0 unspecified atom stereocenters. The van der Waals surface area contributed by atoms with Crippen LogP contribution in [0.4, 0.5) is 5.82 Å². The molecule has 1 aromatic heterocycles. The summed E-state index contributed by atoms with van der Waals surface area (Å²) in [6.45, 7) is 0. The molecule has 4 heteroatoms. The third kappa shape index (κ3) is 2.12. The first-order chi connectivity index (χ1) is 9.79. The van der Waals surface area contributed by atoms with Gasteiger partial charge < -0.3 is 5.32 Å². The molecule has 0 aliphatic rings. The van der Waals surface area contributed by atoms with Gasteiger partial charge in [0.1, 0.15) is 5.69 Å². The molecule has 0 radical (unpaired) electrons. The Morgan fingerprint density at radius 3 is 2.15 bits per heavy atom. The highest BCUT2D eigenvalue weighted by Gasteiger charge is 2.13. The van der Waals surface area contributed by atoms with E-state index in [9.17, 15) is 0 Å². The second-order valence-electron chi connectivity index (χ2n) is 4.40. The van der Waals surface area contributed by atoms with Crippen molar-refractivity contribution in [3.63, 3.8) is 0 Å². The number of hydrogen-bond donors (Lipinski definition) is 2. The predicted molar refractivity (Wildman–Crippen MR) is 81.5 cm³/mol. The quantitative estimate of drug-likeness (QED) is 0.713. The standard InChI is InChI=1S/C16H14N4/c1-18-16-15(14(17)11-7-3-2-4-8-11)19-12-9-5-6-10-13(12)20-16/h2-10,17H,1H3,(H,18,20). The van der Waals surface area contributed by atoms with Gasteiger partial charge in [0.2, 0.25) is 0 Å². The minimum Gasteiger partial charge on any atom is -0.371 e. The Morgan fingerprint density at radius 1 is 0.900 bits per heavy atom. The fraction of sp³-hybridized carbons (Fsp3) is 0.0625. The van der Waals surface area contributed by atoms with Crippen molar-refractivity contribution in [2.24, 2.45) is 0 Å². The van der Waals surface area contributed by atoms with E-state index in [-0.39, 0.29) is 0 Å². The van der Waals surface area contributed by atoms with Crippen LogP contribution in [0.25, 0.3) is 11.0 Å². The number of aromatic nitrogens is 2. The van der Waals surface area contributed by atoms with E-state index in [1.54, 1.807) is 7.05 Å². The minimum absolute atomic E-state index is 0.369. The molecule has 3 rings (SSSR count). The molecular formula is C16H14N4. The molecule has 98 valence electrons. The van der Waals surface area contributed by atoms with Gasteiger partial charge in [-0.1, -0.05) is 42.5 Å². The fourth-order valence-corrected chi connectivity index (χ4v) is 2.09. The summed E-state index contributed by atoms with van der Waals surface area (Å²) in [5.74, 6) is 0.623. The van der Waals surface area contributed by atoms with Crippen molar-refractivity contribution in [1.29, 1.82) is 5.41 Å². The Bertz CT molecular complexity index is 766. The van der Waals surface area contributed by atoms with Crippen LogP contribution in [0, 0.1) is 5.41 Å². The van der Waals surface area contributed by atoms with E-state index in [0.717, 1.165) is 16.6 Å². The molecule has 1 heterocycles. The molecular weight excluding hydrogens is 248 g/mol. The number of nitrogens with zero attached hydrogens (tertiary/aromatic N) is 2. The average Bonchev–Trinajstić information content (AvgIpc) is 2.53. The van der Waals surface area contributed by atoms with E-state index in [1.165, 1.54) is 0 Å². The van der Waals surface area contributed by atoms with Crippen molar-refractivity contribution >= 4 is 22.6 Å². The number of hydrogen-bond acceptors (Lipinski definition) is 4. The molecule has 0 fully saturated rings. The van der Waals surface area contributed by atoms with E-state index in [1.807, 2.05) is 54.6 Å². The van der Waals surface area contributed by atoms with Crippen molar-refractivity contribution in [1.82, 2.24) is 9.97 Å². The SMILES string of the molecule is CNc1nc2ccccc2nc1C(=N)c1ccccc1. The zero-order valence-electron chi connectivity index (χ0n) is 11.1. The number of anilines is 1. The van der Waals surface area contributed by atoms with Crippen molar-refractivity contribution in [2.45, 2.75) is 0 Å². The summed E-state index contributed by atoms with van der Waals surface area (Å²) in [7, 11) is 1.79. The van der Waals surface area contributed by atoms with Gasteiger partial charge in [0, 0.05) is 12.6 Å². The zero-order chi connectivity index (χ0) is 13.9. The Morgan fingerprint density at radius 2 is 1.50 bits per heavy atom. The first-order valence-corrected chi connectivity index (χ1v) is 6.38. The molecule has 4 nitrogen and oxygen atoms in total. The van der Waals surface area contributed by atoms with Crippen molar-refractivity contribution in [3.05, 3.63) is 65.9 Å². The summed E-state index contributed by atoms with van der Waals surface area (Å²) >= 11 is 0. The maximum atomic E-state index is 8.35. The largest absolute Gasteiger partial charge is 0.371 e. The highest BCUT2D eigenvalue weighted by Crippen LogP contribution is 2.19. The first kappa shape index (κ1) is 12.3. The monoisotopic (exact) mass is 262 g/mol. The summed E-state index contributed by atoms with van der Waals surface area (Å²) in [6, 6.07) is 17.2. The summed E-state index contributed by atoms with van der Waals surface area (Å²) < 4.78 is 0. The molecule has 0 amide bonds. The zero-order valence-corrected chi connectivity index (χ0v) is 11.1. The molecule has 0 atom stereocenters. The van der Waals surface area contributed by atoms with Crippen LogP contribution in [-0.2, 0) is 0 Å². The number of benzene rings is 2. The van der Waals surface area contributed by atoms with Gasteiger partial charge >= 0.3 is 0 Å². The Labute approximate surface area is 117 Å². The maximum Gasteiger partial charge on any atom is 0.154 e. The predicted octanol–water partition coefficient (Wildman–Crippen LogP) is 3.09. The Hall–Kier alpha value is -2.75. The Kier molecular flexibility index (Phi) is 3.13. The lowest BCUT2D eigenvalue weighted by Crippen LogP contribution is -2.10. The van der Waals surface area contributed by atoms with E-state index < -0.39 is 0 Å². The van der Waals surface area contributed by atoms with Gasteiger partial charge in [-0.05, 0) is 12.1 Å². The third-order valence-electron chi connectivity index (χ3n) is 3.11. The van der Waals surface area contributed by atoms with Gasteiger partial charge in [-0.3, -0.25) is 5.41 Å². The van der Waals surface area contributed by atoms with E-state index in [0.29, 0.717) is 17.2 Å². The van der Waals surface area contributed by atoms with Crippen molar-refractivity contribution in [3.8, 4) is 0 Å². The molecule has 0 bridgehead atoms. The molecule has 20 heavy (non-hydrogen) atoms. The van der Waals surface area contributed by atoms with Crippen LogP contribution in [0.3, 0.4) is 0 Å². The fourth-order valence-electron chi connectivity index (χ4n) is 2.09. The van der Waals surface area contributed by atoms with Crippen molar-refractivity contribution < 1.29 is 0 Å². The van der Waals surface area contributed by atoms with Gasteiger partial charge in [-0.15, -0.1) is 0 Å². The average molecular weight is 262 g/mol. The molecule has 2 aromatic carbocycles. The molecule has 0 spiro atoms. The van der Waals surface area contributed by atoms with Gasteiger partial charge in [0.15, 0.2) is 5.82 Å². The lowest BCUT2D eigenvalue weighted by atomic mass is 10.1. The molecule has 0 aliphatic heterocycles. The summed E-state index contributed by atoms with van der Waals surface area (Å²) in [6.07, 6.45) is 0. The van der Waals surface area contributed by atoms with Gasteiger partial charge in [-0.25, -0.2) is 9.97 Å². The van der Waals surface area contributed by atoms with E-state index in [4.69, 9.17) is 5.41 Å². The second kappa shape index (κ2) is 5.09. The summed E-state index contributed by atoms with van der Waals surface area (Å²) in [4.78, 5) is 9.10. The lowest BCUT2D eigenvalue weighted by Gasteiger charge is -2.10. The normalized spacial score (nSPS) is 10.4. The first-order valence-electron chi connectivity index (χ1n) is 6.38. The van der Waals surface area contributed by atoms with Crippen LogP contribution in [0.2, 0.25) is 0 Å². The highest BCUT2D eigenvalue weighted by molar-refractivity contribution is 6.13. The van der Waals surface area contributed by atoms with Crippen LogP contribution < -0.4 is 5.32 Å². The van der Waals surface area contributed by atoms with Crippen LogP contribution in [0.5, 0.6) is 0 Å². The molecule has 0 saturated heterocycles. The van der Waals surface area contributed by atoms with Crippen LogP contribution in [-0.4, -0.2) is 22.7 Å². The number of fused-ring (bicyclic) bond motifs is 1. The topological polar surface area (TPSA) is 61.7 Å². The number of nitrogens with one attached hydrogen (secondary N) is 2. The number of rotatable bonds is 3. The third-order valence-corrected chi connectivity index (χ3v) is 3.11. The highest BCUT2D eigenvalue weighted by atomic mass is 15.0. The van der Waals surface area contributed by atoms with Crippen LogP contribution in [0.15, 0.2) is 54.6 Å². The van der Waals surface area contributed by atoms with Gasteiger partial charge in [0.05, 0.1) is 16.7 Å². The van der Waals surface area contributed by atoms with Crippen molar-refractivity contribution in [2.75, 3.05) is 12.4 Å². The van der Waals surface area contributed by atoms with Crippen LogP contribution in [0.1, 0.15) is 11.3 Å². The molecule has 2 N–H and O–H groups in total. The van der Waals surface area contributed by atoms with Gasteiger partial charge in [0.25, 0.3) is 0 Å². The second-order valence-corrected chi connectivity index (χ2v) is 4.40. The molecule has 0 aliphatic carbocycles. The minimum atomic E-state index is 0.369. The number of para-hydroxylation sites is 2. The lowest BCUT2D eigenvalue weighted by molar-refractivity contribution is 1.23. The van der Waals surface area contributed by atoms with Crippen LogP contribution >= 0.6 is 0 Å². The van der Waals surface area contributed by atoms with E-state index >= 15 is 0 Å². The van der Waals surface area contributed by atoms with E-state index in [2.05, 4.69) is 15.3 Å². The van der Waals surface area contributed by atoms with Gasteiger partial charge in [-0.2, -0.15) is 0 Å². The smallest absolute Gasteiger partial charge is 0.154 e. The maximum absolute atomic E-state index is 8.35. The molecule has 3 aromatic rings. The summed E-state index contributed by atoms with van der Waals surface area (Å²) in [5.41, 5.74) is 3.38.